The highest BCUT2D eigenvalue weighted by atomic mass is 16.6. The molecule has 144 valence electrons. The second-order valence-corrected chi connectivity index (χ2v) is 6.59. The van der Waals surface area contributed by atoms with Gasteiger partial charge < -0.3 is 18.9 Å². The van der Waals surface area contributed by atoms with Gasteiger partial charge in [-0.15, -0.1) is 0 Å². The lowest BCUT2D eigenvalue weighted by Crippen LogP contribution is -2.41. The number of para-hydroxylation sites is 1. The van der Waals surface area contributed by atoms with E-state index in [1.165, 1.54) is 12.3 Å². The quantitative estimate of drug-likeness (QED) is 0.541. The predicted octanol–water partition coefficient (Wildman–Crippen LogP) is 2.92. The van der Waals surface area contributed by atoms with Crippen molar-refractivity contribution in [2.45, 2.75) is 31.5 Å². The standard InChI is InChI=1S/C21H24O6/c1-3-10-25-20(22)13-26-14-8-9-16-19(11-14)27-12-17(21(16)23)15-6-4-5-7-18(15)24-2/h3-7,12,14,16,19H,1,8-11,13H2,2H3. The molecule has 1 aliphatic heterocycles. The molecule has 0 N–H and O–H groups in total. The van der Waals surface area contributed by atoms with Gasteiger partial charge in [0.25, 0.3) is 0 Å². The summed E-state index contributed by atoms with van der Waals surface area (Å²) in [5.41, 5.74) is 1.29. The van der Waals surface area contributed by atoms with Gasteiger partial charge in [-0.05, 0) is 18.9 Å². The molecule has 1 aromatic carbocycles. The summed E-state index contributed by atoms with van der Waals surface area (Å²) in [6, 6.07) is 7.41. The van der Waals surface area contributed by atoms with Gasteiger partial charge in [0.15, 0.2) is 5.78 Å². The summed E-state index contributed by atoms with van der Waals surface area (Å²) < 4.78 is 21.8. The van der Waals surface area contributed by atoms with Crippen LogP contribution in [-0.4, -0.2) is 44.3 Å². The third-order valence-electron chi connectivity index (χ3n) is 4.90. The van der Waals surface area contributed by atoms with E-state index >= 15 is 0 Å². The normalized spacial score (nSPS) is 24.3. The monoisotopic (exact) mass is 372 g/mol. The Kier molecular flexibility index (Phi) is 6.29. The lowest BCUT2D eigenvalue weighted by Gasteiger charge is -2.37. The predicted molar refractivity (Wildman–Crippen MR) is 99.1 cm³/mol. The zero-order chi connectivity index (χ0) is 19.2. The molecular weight excluding hydrogens is 348 g/mol. The molecular formula is C21H24O6. The topological polar surface area (TPSA) is 71.1 Å². The molecule has 0 aromatic heterocycles. The highest BCUT2D eigenvalue weighted by Gasteiger charge is 2.41. The Balaban J connectivity index is 1.62. The Morgan fingerprint density at radius 2 is 2.15 bits per heavy atom. The fraction of sp³-hybridized carbons (Fsp3) is 0.429. The summed E-state index contributed by atoms with van der Waals surface area (Å²) in [6.07, 6.45) is 4.60. The highest BCUT2D eigenvalue weighted by molar-refractivity contribution is 6.22. The Morgan fingerprint density at radius 1 is 1.33 bits per heavy atom. The molecule has 0 spiro atoms. The van der Waals surface area contributed by atoms with Crippen LogP contribution in [-0.2, 0) is 23.8 Å². The number of ether oxygens (including phenoxy) is 4. The number of Topliss-reactive ketones (excluding diaryl/α,β-unsaturated/α-hetero) is 1. The minimum atomic E-state index is -0.420. The van der Waals surface area contributed by atoms with Gasteiger partial charge in [-0.1, -0.05) is 30.9 Å². The number of ketones is 1. The van der Waals surface area contributed by atoms with E-state index in [4.69, 9.17) is 18.9 Å². The van der Waals surface area contributed by atoms with Crippen LogP contribution in [0.15, 0.2) is 43.2 Å². The summed E-state index contributed by atoms with van der Waals surface area (Å²) in [5, 5.41) is 0. The van der Waals surface area contributed by atoms with Gasteiger partial charge in [-0.2, -0.15) is 0 Å². The van der Waals surface area contributed by atoms with E-state index < -0.39 is 5.97 Å². The minimum absolute atomic E-state index is 0.0691. The first-order valence-corrected chi connectivity index (χ1v) is 9.05. The van der Waals surface area contributed by atoms with E-state index in [0.29, 0.717) is 30.6 Å². The fourth-order valence-corrected chi connectivity index (χ4v) is 3.55. The van der Waals surface area contributed by atoms with E-state index in [1.807, 2.05) is 24.3 Å². The van der Waals surface area contributed by atoms with Crippen molar-refractivity contribution >= 4 is 17.3 Å². The van der Waals surface area contributed by atoms with Gasteiger partial charge in [0, 0.05) is 12.0 Å². The molecule has 3 rings (SSSR count). The number of hydrogen-bond acceptors (Lipinski definition) is 6. The maximum atomic E-state index is 13.0. The first-order chi connectivity index (χ1) is 13.1. The van der Waals surface area contributed by atoms with Crippen molar-refractivity contribution in [2.75, 3.05) is 20.3 Å². The van der Waals surface area contributed by atoms with Crippen molar-refractivity contribution in [1.82, 2.24) is 0 Å². The Morgan fingerprint density at radius 3 is 2.93 bits per heavy atom. The van der Waals surface area contributed by atoms with Crippen molar-refractivity contribution in [1.29, 1.82) is 0 Å². The van der Waals surface area contributed by atoms with Crippen molar-refractivity contribution in [3.63, 3.8) is 0 Å². The van der Waals surface area contributed by atoms with Crippen molar-refractivity contribution in [3.05, 3.63) is 48.7 Å². The SMILES string of the molecule is C=CCOC(=O)COC1CCC2C(=O)C(c3ccccc3OC)=COC2C1. The molecule has 3 unspecified atom stereocenters. The molecule has 27 heavy (non-hydrogen) atoms. The van der Waals surface area contributed by atoms with Crippen LogP contribution >= 0.6 is 0 Å². The van der Waals surface area contributed by atoms with Crippen LogP contribution in [0.4, 0.5) is 0 Å². The van der Waals surface area contributed by atoms with Gasteiger partial charge in [-0.3, -0.25) is 4.79 Å². The zero-order valence-corrected chi connectivity index (χ0v) is 15.4. The molecule has 6 nitrogen and oxygen atoms in total. The smallest absolute Gasteiger partial charge is 0.332 e. The number of methoxy groups -OCH3 is 1. The molecule has 3 atom stereocenters. The van der Waals surface area contributed by atoms with Crippen molar-refractivity contribution in [3.8, 4) is 5.75 Å². The molecule has 1 aromatic rings. The van der Waals surface area contributed by atoms with Crippen molar-refractivity contribution in [2.24, 2.45) is 5.92 Å². The van der Waals surface area contributed by atoms with Crippen LogP contribution in [0.25, 0.3) is 5.57 Å². The summed E-state index contributed by atoms with van der Waals surface area (Å²) in [6.45, 7) is 3.56. The Hall–Kier alpha value is -2.60. The lowest BCUT2D eigenvalue weighted by molar-refractivity contribution is -0.153. The average Bonchev–Trinajstić information content (AvgIpc) is 2.71. The molecule has 0 bridgehead atoms. The first kappa shape index (κ1) is 19.2. The number of carbonyl (C=O) groups excluding carboxylic acids is 2. The number of rotatable bonds is 7. The summed E-state index contributed by atoms with van der Waals surface area (Å²) in [7, 11) is 1.58. The molecule has 1 heterocycles. The summed E-state index contributed by atoms with van der Waals surface area (Å²) in [5.74, 6) is 0.0901. The maximum absolute atomic E-state index is 13.0. The number of fused-ring (bicyclic) bond motifs is 1. The van der Waals surface area contributed by atoms with Gasteiger partial charge in [0.2, 0.25) is 0 Å². The number of allylic oxidation sites excluding steroid dienone is 1. The summed E-state index contributed by atoms with van der Waals surface area (Å²) >= 11 is 0. The van der Waals surface area contributed by atoms with Gasteiger partial charge in [-0.25, -0.2) is 4.79 Å². The lowest BCUT2D eigenvalue weighted by atomic mass is 9.77. The zero-order valence-electron chi connectivity index (χ0n) is 15.4. The summed E-state index contributed by atoms with van der Waals surface area (Å²) in [4.78, 5) is 24.5. The van der Waals surface area contributed by atoms with Crippen LogP contribution in [0.2, 0.25) is 0 Å². The van der Waals surface area contributed by atoms with Gasteiger partial charge in [0.1, 0.15) is 25.1 Å². The largest absolute Gasteiger partial charge is 0.496 e. The Labute approximate surface area is 158 Å². The number of carbonyl (C=O) groups is 2. The molecule has 0 radical (unpaired) electrons. The third-order valence-corrected chi connectivity index (χ3v) is 4.90. The highest BCUT2D eigenvalue weighted by Crippen LogP contribution is 2.39. The number of esters is 1. The second kappa shape index (κ2) is 8.86. The minimum Gasteiger partial charge on any atom is -0.496 e. The Bertz CT molecular complexity index is 738. The molecule has 1 saturated carbocycles. The second-order valence-electron chi connectivity index (χ2n) is 6.59. The van der Waals surface area contributed by atoms with Crippen LogP contribution < -0.4 is 4.74 Å². The molecule has 1 fully saturated rings. The van der Waals surface area contributed by atoms with Crippen LogP contribution in [0, 0.1) is 5.92 Å². The van der Waals surface area contributed by atoms with Crippen LogP contribution in [0.3, 0.4) is 0 Å². The molecule has 6 heteroatoms. The third kappa shape index (κ3) is 4.39. The fourth-order valence-electron chi connectivity index (χ4n) is 3.55. The molecule has 1 aliphatic carbocycles. The maximum Gasteiger partial charge on any atom is 0.332 e. The van der Waals surface area contributed by atoms with Crippen LogP contribution in [0.5, 0.6) is 5.75 Å². The van der Waals surface area contributed by atoms with Crippen molar-refractivity contribution < 1.29 is 28.5 Å². The van der Waals surface area contributed by atoms with Crippen LogP contribution in [0.1, 0.15) is 24.8 Å². The van der Waals surface area contributed by atoms with E-state index in [2.05, 4.69) is 6.58 Å². The molecule has 2 aliphatic rings. The van der Waals surface area contributed by atoms with E-state index in [9.17, 15) is 9.59 Å². The molecule has 0 amide bonds. The van der Waals surface area contributed by atoms with E-state index in [-0.39, 0.29) is 37.1 Å². The average molecular weight is 372 g/mol. The molecule has 0 saturated heterocycles. The van der Waals surface area contributed by atoms with Gasteiger partial charge >= 0.3 is 5.97 Å². The number of hydrogen-bond donors (Lipinski definition) is 0. The van der Waals surface area contributed by atoms with E-state index in [0.717, 1.165) is 5.56 Å². The van der Waals surface area contributed by atoms with Gasteiger partial charge in [0.05, 0.1) is 31.0 Å². The number of benzene rings is 1. The van der Waals surface area contributed by atoms with E-state index in [1.54, 1.807) is 7.11 Å². The first-order valence-electron chi connectivity index (χ1n) is 9.05.